The lowest BCUT2D eigenvalue weighted by Gasteiger charge is -2.22. The second-order valence-electron chi connectivity index (χ2n) is 7.86. The van der Waals surface area contributed by atoms with Gasteiger partial charge in [0.05, 0.1) is 5.56 Å². The second kappa shape index (κ2) is 5.41. The van der Waals surface area contributed by atoms with E-state index in [9.17, 15) is 4.79 Å². The number of rotatable bonds is 2. The van der Waals surface area contributed by atoms with E-state index in [0.717, 1.165) is 17.4 Å². The van der Waals surface area contributed by atoms with Crippen LogP contribution in [0.15, 0.2) is 18.3 Å². The molecule has 0 unspecified atom stereocenters. The fourth-order valence-corrected chi connectivity index (χ4v) is 2.56. The Hall–Kier alpha value is -1.84. The van der Waals surface area contributed by atoms with Gasteiger partial charge < -0.3 is 5.32 Å². The predicted molar refractivity (Wildman–Crippen MR) is 91.3 cm³/mol. The fraction of sp³-hybridized carbons (Fsp3) is 0.556. The van der Waals surface area contributed by atoms with Crippen molar-refractivity contribution in [1.82, 2.24) is 15.1 Å². The zero-order chi connectivity index (χ0) is 16.7. The first-order valence-corrected chi connectivity index (χ1v) is 7.86. The average Bonchev–Trinajstić information content (AvgIpc) is 2.77. The third-order valence-electron chi connectivity index (χ3n) is 3.59. The van der Waals surface area contributed by atoms with Gasteiger partial charge in [0, 0.05) is 23.7 Å². The Labute approximate surface area is 132 Å². The van der Waals surface area contributed by atoms with E-state index in [1.807, 2.05) is 37.7 Å². The minimum absolute atomic E-state index is 0.0128. The van der Waals surface area contributed by atoms with Gasteiger partial charge in [0.2, 0.25) is 0 Å². The number of aromatic nitrogens is 2. The molecule has 0 atom stereocenters. The van der Waals surface area contributed by atoms with Crippen molar-refractivity contribution in [3.63, 3.8) is 0 Å². The number of fused-ring (bicyclic) bond motifs is 1. The van der Waals surface area contributed by atoms with Gasteiger partial charge >= 0.3 is 0 Å². The Bertz CT molecular complexity index is 699. The van der Waals surface area contributed by atoms with Crippen molar-refractivity contribution in [3.8, 4) is 0 Å². The summed E-state index contributed by atoms with van der Waals surface area (Å²) in [6.45, 7) is 15.3. The minimum Gasteiger partial charge on any atom is -0.347 e. The van der Waals surface area contributed by atoms with Crippen LogP contribution in [0, 0.1) is 0 Å². The average molecular weight is 301 g/mol. The number of carbonyl (C=O) groups excluding carboxylic acids is 1. The summed E-state index contributed by atoms with van der Waals surface area (Å²) in [7, 11) is 0. The highest BCUT2D eigenvalue weighted by Gasteiger charge is 2.24. The molecule has 1 aromatic carbocycles. The fourth-order valence-electron chi connectivity index (χ4n) is 2.56. The van der Waals surface area contributed by atoms with E-state index in [2.05, 4.69) is 44.2 Å². The Balaban J connectivity index is 2.63. The van der Waals surface area contributed by atoms with E-state index < -0.39 is 0 Å². The van der Waals surface area contributed by atoms with E-state index in [0.29, 0.717) is 5.56 Å². The molecule has 0 saturated heterocycles. The van der Waals surface area contributed by atoms with Gasteiger partial charge in [-0.1, -0.05) is 26.8 Å². The lowest BCUT2D eigenvalue weighted by Crippen LogP contribution is -2.40. The summed E-state index contributed by atoms with van der Waals surface area (Å²) in [4.78, 5) is 12.6. The Morgan fingerprint density at radius 3 is 2.32 bits per heavy atom. The van der Waals surface area contributed by atoms with Crippen molar-refractivity contribution in [3.05, 3.63) is 29.5 Å². The molecule has 4 nitrogen and oxygen atoms in total. The first-order valence-electron chi connectivity index (χ1n) is 7.86. The van der Waals surface area contributed by atoms with Crippen molar-refractivity contribution >= 4 is 16.8 Å². The molecule has 1 N–H and O–H groups in total. The van der Waals surface area contributed by atoms with Crippen molar-refractivity contribution < 1.29 is 4.79 Å². The van der Waals surface area contributed by atoms with Gasteiger partial charge in [-0.3, -0.25) is 9.48 Å². The third kappa shape index (κ3) is 3.32. The van der Waals surface area contributed by atoms with Crippen LogP contribution in [0.25, 0.3) is 10.9 Å². The number of aryl methyl sites for hydroxylation is 1. The van der Waals surface area contributed by atoms with Gasteiger partial charge in [0.25, 0.3) is 5.91 Å². The Kier molecular flexibility index (Phi) is 4.07. The van der Waals surface area contributed by atoms with E-state index in [1.54, 1.807) is 0 Å². The van der Waals surface area contributed by atoms with E-state index in [-0.39, 0.29) is 16.9 Å². The normalized spacial score (nSPS) is 12.7. The summed E-state index contributed by atoms with van der Waals surface area (Å²) >= 11 is 0. The minimum atomic E-state index is -0.264. The highest BCUT2D eigenvalue weighted by atomic mass is 16.1. The van der Waals surface area contributed by atoms with Crippen molar-refractivity contribution in [2.75, 3.05) is 0 Å². The van der Waals surface area contributed by atoms with Crippen LogP contribution in [-0.2, 0) is 12.0 Å². The largest absolute Gasteiger partial charge is 0.347 e. The van der Waals surface area contributed by atoms with Crippen LogP contribution in [0.1, 0.15) is 64.4 Å². The molecule has 22 heavy (non-hydrogen) atoms. The number of hydrogen-bond donors (Lipinski definition) is 1. The maximum atomic E-state index is 12.6. The first kappa shape index (κ1) is 16.5. The lowest BCUT2D eigenvalue weighted by molar-refractivity contribution is 0.0921. The van der Waals surface area contributed by atoms with Crippen molar-refractivity contribution in [2.45, 2.75) is 66.0 Å². The molecule has 120 valence electrons. The van der Waals surface area contributed by atoms with Crippen LogP contribution in [0.2, 0.25) is 0 Å². The molecule has 0 radical (unpaired) electrons. The van der Waals surface area contributed by atoms with E-state index in [4.69, 9.17) is 0 Å². The van der Waals surface area contributed by atoms with Crippen LogP contribution < -0.4 is 5.32 Å². The molecule has 1 heterocycles. The second-order valence-corrected chi connectivity index (χ2v) is 7.86. The van der Waals surface area contributed by atoms with E-state index >= 15 is 0 Å². The number of carbonyl (C=O) groups is 1. The standard InChI is InChI=1S/C18H27N3O/c1-8-21-11-13-14(17(2,3)4)10-9-12(15(13)20-21)16(22)19-18(5,6)7/h9-11H,8H2,1-7H3,(H,19,22). The van der Waals surface area contributed by atoms with Gasteiger partial charge in [0.15, 0.2) is 0 Å². The summed E-state index contributed by atoms with van der Waals surface area (Å²) < 4.78 is 1.90. The van der Waals surface area contributed by atoms with Crippen molar-refractivity contribution in [1.29, 1.82) is 0 Å². The van der Waals surface area contributed by atoms with Crippen LogP contribution in [0.5, 0.6) is 0 Å². The topological polar surface area (TPSA) is 46.9 Å². The molecule has 2 aromatic rings. The molecule has 0 aliphatic carbocycles. The van der Waals surface area contributed by atoms with Gasteiger partial charge in [-0.15, -0.1) is 0 Å². The molecule has 0 aliphatic heterocycles. The summed E-state index contributed by atoms with van der Waals surface area (Å²) in [6.07, 6.45) is 2.05. The molecule has 0 bridgehead atoms. The van der Waals surface area contributed by atoms with Crippen LogP contribution in [0.4, 0.5) is 0 Å². The SMILES string of the molecule is CCn1cc2c(C(C)(C)C)ccc(C(=O)NC(C)(C)C)c2n1. The first-order chi connectivity index (χ1) is 10.0. The summed E-state index contributed by atoms with van der Waals surface area (Å²) in [5, 5.41) is 8.70. The van der Waals surface area contributed by atoms with Gasteiger partial charge in [-0.05, 0) is 44.7 Å². The molecule has 0 saturated carbocycles. The zero-order valence-corrected chi connectivity index (χ0v) is 14.7. The summed E-state index contributed by atoms with van der Waals surface area (Å²) in [6, 6.07) is 3.96. The number of hydrogen-bond acceptors (Lipinski definition) is 2. The molecule has 1 aromatic heterocycles. The van der Waals surface area contributed by atoms with Crippen LogP contribution in [0.3, 0.4) is 0 Å². The molecule has 0 aliphatic rings. The highest BCUT2D eigenvalue weighted by molar-refractivity contribution is 6.06. The third-order valence-corrected chi connectivity index (χ3v) is 3.59. The molecule has 2 rings (SSSR count). The maximum Gasteiger partial charge on any atom is 0.253 e. The number of nitrogens with zero attached hydrogens (tertiary/aromatic N) is 2. The highest BCUT2D eigenvalue weighted by Crippen LogP contribution is 2.31. The van der Waals surface area contributed by atoms with Crippen LogP contribution in [-0.4, -0.2) is 21.2 Å². The van der Waals surface area contributed by atoms with Crippen molar-refractivity contribution in [2.24, 2.45) is 0 Å². The Morgan fingerprint density at radius 1 is 1.18 bits per heavy atom. The number of benzene rings is 1. The molecule has 1 amide bonds. The zero-order valence-electron chi connectivity index (χ0n) is 14.7. The quantitative estimate of drug-likeness (QED) is 0.915. The van der Waals surface area contributed by atoms with Crippen LogP contribution >= 0.6 is 0 Å². The molecular weight excluding hydrogens is 274 g/mol. The Morgan fingerprint density at radius 2 is 1.82 bits per heavy atom. The maximum absolute atomic E-state index is 12.6. The molecule has 4 heteroatoms. The van der Waals surface area contributed by atoms with E-state index in [1.165, 1.54) is 5.56 Å². The number of amides is 1. The molecule has 0 fully saturated rings. The molecular formula is C18H27N3O. The predicted octanol–water partition coefficient (Wildman–Crippen LogP) is 3.88. The monoisotopic (exact) mass is 301 g/mol. The number of nitrogens with one attached hydrogen (secondary N) is 1. The molecule has 0 spiro atoms. The summed E-state index contributed by atoms with van der Waals surface area (Å²) in [5.74, 6) is -0.0701. The van der Waals surface area contributed by atoms with Gasteiger partial charge in [-0.25, -0.2) is 0 Å². The smallest absolute Gasteiger partial charge is 0.253 e. The van der Waals surface area contributed by atoms with Gasteiger partial charge in [0.1, 0.15) is 5.52 Å². The lowest BCUT2D eigenvalue weighted by atomic mass is 9.84. The summed E-state index contributed by atoms with van der Waals surface area (Å²) in [5.41, 5.74) is 2.40. The van der Waals surface area contributed by atoms with Gasteiger partial charge in [-0.2, -0.15) is 5.10 Å².